The molecule has 0 bridgehead atoms. The molecule has 1 aliphatic rings. The standard InChI is InChI=1S/C12H18N2O4/c1-8-10(9(2)18-14-8)11(15)13-7-12(16)3-5-17-6-4-12/h16H,3-7H2,1-2H3,(H,13,15). The second kappa shape index (κ2) is 5.07. The number of carbonyl (C=O) groups excluding carboxylic acids is 1. The second-order valence-corrected chi connectivity index (χ2v) is 4.72. The zero-order valence-electron chi connectivity index (χ0n) is 10.7. The summed E-state index contributed by atoms with van der Waals surface area (Å²) < 4.78 is 10.1. The van der Waals surface area contributed by atoms with Gasteiger partial charge in [-0.2, -0.15) is 0 Å². The number of aromatic nitrogens is 1. The molecule has 1 aliphatic heterocycles. The fraction of sp³-hybridized carbons (Fsp3) is 0.667. The molecule has 100 valence electrons. The Morgan fingerprint density at radius 3 is 2.67 bits per heavy atom. The minimum Gasteiger partial charge on any atom is -0.388 e. The van der Waals surface area contributed by atoms with Crippen molar-refractivity contribution >= 4 is 5.91 Å². The highest BCUT2D eigenvalue weighted by molar-refractivity contribution is 5.96. The van der Waals surface area contributed by atoms with Crippen LogP contribution in [0.2, 0.25) is 0 Å². The average Bonchev–Trinajstić information content (AvgIpc) is 2.67. The molecule has 1 aromatic rings. The molecule has 0 aliphatic carbocycles. The highest BCUT2D eigenvalue weighted by atomic mass is 16.5. The highest BCUT2D eigenvalue weighted by Gasteiger charge is 2.30. The topological polar surface area (TPSA) is 84.6 Å². The molecule has 2 rings (SSSR count). The maximum absolute atomic E-state index is 12.0. The number of amides is 1. The molecule has 6 heteroatoms. The number of hydrogen-bond donors (Lipinski definition) is 2. The third-order valence-corrected chi connectivity index (χ3v) is 3.26. The smallest absolute Gasteiger partial charge is 0.256 e. The van der Waals surface area contributed by atoms with Crippen LogP contribution in [-0.4, -0.2) is 41.5 Å². The van der Waals surface area contributed by atoms with Crippen molar-refractivity contribution < 1.29 is 19.2 Å². The molecule has 1 amide bonds. The van der Waals surface area contributed by atoms with Gasteiger partial charge in [0, 0.05) is 32.6 Å². The zero-order valence-corrected chi connectivity index (χ0v) is 10.7. The molecule has 2 heterocycles. The van der Waals surface area contributed by atoms with Crippen molar-refractivity contribution in [3.05, 3.63) is 17.0 Å². The molecule has 6 nitrogen and oxygen atoms in total. The zero-order chi connectivity index (χ0) is 13.2. The van der Waals surface area contributed by atoms with Crippen LogP contribution in [0.4, 0.5) is 0 Å². The van der Waals surface area contributed by atoms with E-state index in [0.717, 1.165) is 0 Å². The van der Waals surface area contributed by atoms with Crippen molar-refractivity contribution in [3.63, 3.8) is 0 Å². The normalized spacial score (nSPS) is 18.6. The lowest BCUT2D eigenvalue weighted by atomic mass is 9.94. The van der Waals surface area contributed by atoms with Crippen molar-refractivity contribution in [1.82, 2.24) is 10.5 Å². The first kappa shape index (κ1) is 13.0. The minimum atomic E-state index is -0.868. The van der Waals surface area contributed by atoms with Gasteiger partial charge >= 0.3 is 0 Å². The fourth-order valence-electron chi connectivity index (χ4n) is 2.07. The van der Waals surface area contributed by atoms with Gasteiger partial charge in [-0.1, -0.05) is 5.16 Å². The summed E-state index contributed by atoms with van der Waals surface area (Å²) >= 11 is 0. The van der Waals surface area contributed by atoms with Crippen LogP contribution in [0, 0.1) is 13.8 Å². The van der Waals surface area contributed by atoms with Crippen molar-refractivity contribution in [2.75, 3.05) is 19.8 Å². The molecule has 18 heavy (non-hydrogen) atoms. The number of hydrogen-bond acceptors (Lipinski definition) is 5. The first-order valence-electron chi connectivity index (χ1n) is 6.03. The molecule has 1 fully saturated rings. The Hall–Kier alpha value is -1.40. The van der Waals surface area contributed by atoms with Crippen LogP contribution in [0.5, 0.6) is 0 Å². The third-order valence-electron chi connectivity index (χ3n) is 3.26. The van der Waals surface area contributed by atoms with Crippen LogP contribution < -0.4 is 5.32 Å². The molecule has 0 radical (unpaired) electrons. The van der Waals surface area contributed by atoms with E-state index in [-0.39, 0.29) is 12.5 Å². The van der Waals surface area contributed by atoms with E-state index in [1.54, 1.807) is 13.8 Å². The predicted octanol–water partition coefficient (Wildman–Crippen LogP) is 0.563. The number of nitrogens with zero attached hydrogens (tertiary/aromatic N) is 1. The lowest BCUT2D eigenvalue weighted by Crippen LogP contribution is -2.46. The molecular formula is C12H18N2O4. The van der Waals surface area contributed by atoms with E-state index in [9.17, 15) is 9.90 Å². The average molecular weight is 254 g/mol. The number of aliphatic hydroxyl groups is 1. The molecule has 1 aromatic heterocycles. The van der Waals surface area contributed by atoms with E-state index >= 15 is 0 Å². The monoisotopic (exact) mass is 254 g/mol. The van der Waals surface area contributed by atoms with Crippen LogP contribution in [0.1, 0.15) is 34.7 Å². The van der Waals surface area contributed by atoms with E-state index in [1.807, 2.05) is 0 Å². The van der Waals surface area contributed by atoms with Gasteiger partial charge in [-0.3, -0.25) is 4.79 Å². The van der Waals surface area contributed by atoms with Crippen molar-refractivity contribution in [1.29, 1.82) is 0 Å². The summed E-state index contributed by atoms with van der Waals surface area (Å²) in [6.45, 7) is 4.68. The Kier molecular flexibility index (Phi) is 3.68. The van der Waals surface area contributed by atoms with Gasteiger partial charge in [0.15, 0.2) is 0 Å². The van der Waals surface area contributed by atoms with E-state index in [2.05, 4.69) is 10.5 Å². The Morgan fingerprint density at radius 1 is 1.44 bits per heavy atom. The highest BCUT2D eigenvalue weighted by Crippen LogP contribution is 2.20. The van der Waals surface area contributed by atoms with Gasteiger partial charge in [0.1, 0.15) is 11.3 Å². The van der Waals surface area contributed by atoms with Gasteiger partial charge in [-0.05, 0) is 13.8 Å². The Balaban J connectivity index is 1.96. The van der Waals surface area contributed by atoms with Crippen LogP contribution in [-0.2, 0) is 4.74 Å². The molecule has 2 N–H and O–H groups in total. The third kappa shape index (κ3) is 2.70. The summed E-state index contributed by atoms with van der Waals surface area (Å²) in [5.74, 6) is 0.232. The molecule has 0 spiro atoms. The summed E-state index contributed by atoms with van der Waals surface area (Å²) in [6, 6.07) is 0. The summed E-state index contributed by atoms with van der Waals surface area (Å²) in [5, 5.41) is 16.7. The Morgan fingerprint density at radius 2 is 2.11 bits per heavy atom. The van der Waals surface area contributed by atoms with E-state index < -0.39 is 5.60 Å². The van der Waals surface area contributed by atoms with Crippen LogP contribution in [0.25, 0.3) is 0 Å². The van der Waals surface area contributed by atoms with E-state index in [0.29, 0.717) is 43.1 Å². The molecular weight excluding hydrogens is 236 g/mol. The second-order valence-electron chi connectivity index (χ2n) is 4.72. The van der Waals surface area contributed by atoms with Crippen molar-refractivity contribution in [2.24, 2.45) is 0 Å². The maximum Gasteiger partial charge on any atom is 0.256 e. The van der Waals surface area contributed by atoms with Crippen LogP contribution in [0.3, 0.4) is 0 Å². The quantitative estimate of drug-likeness (QED) is 0.823. The predicted molar refractivity (Wildman–Crippen MR) is 63.3 cm³/mol. The van der Waals surface area contributed by atoms with Gasteiger partial charge in [-0.15, -0.1) is 0 Å². The minimum absolute atomic E-state index is 0.221. The first-order valence-corrected chi connectivity index (χ1v) is 6.03. The lowest BCUT2D eigenvalue weighted by molar-refractivity contribution is -0.0605. The molecule has 0 unspecified atom stereocenters. The molecule has 0 atom stereocenters. The Labute approximate surface area is 105 Å². The summed E-state index contributed by atoms with van der Waals surface area (Å²) in [7, 11) is 0. The van der Waals surface area contributed by atoms with E-state index in [4.69, 9.17) is 9.26 Å². The van der Waals surface area contributed by atoms with E-state index in [1.165, 1.54) is 0 Å². The molecule has 0 saturated carbocycles. The maximum atomic E-state index is 12.0. The van der Waals surface area contributed by atoms with Gasteiger partial charge in [-0.25, -0.2) is 0 Å². The first-order chi connectivity index (χ1) is 8.52. The number of aryl methyl sites for hydroxylation is 2. The summed E-state index contributed by atoms with van der Waals surface area (Å²) in [5.41, 5.74) is 0.141. The fourth-order valence-corrected chi connectivity index (χ4v) is 2.07. The van der Waals surface area contributed by atoms with Gasteiger partial charge in [0.2, 0.25) is 0 Å². The van der Waals surface area contributed by atoms with Crippen LogP contribution >= 0.6 is 0 Å². The number of ether oxygens (including phenoxy) is 1. The van der Waals surface area contributed by atoms with Gasteiger partial charge in [0.25, 0.3) is 5.91 Å². The summed E-state index contributed by atoms with van der Waals surface area (Å²) in [4.78, 5) is 12.0. The van der Waals surface area contributed by atoms with Crippen molar-refractivity contribution in [2.45, 2.75) is 32.3 Å². The number of carbonyl (C=O) groups is 1. The SMILES string of the molecule is Cc1noc(C)c1C(=O)NCC1(O)CCOCC1. The summed E-state index contributed by atoms with van der Waals surface area (Å²) in [6.07, 6.45) is 1.07. The van der Waals surface area contributed by atoms with Crippen molar-refractivity contribution in [3.8, 4) is 0 Å². The Bertz CT molecular complexity index is 416. The number of rotatable bonds is 3. The van der Waals surface area contributed by atoms with Gasteiger partial charge < -0.3 is 19.7 Å². The lowest BCUT2D eigenvalue weighted by Gasteiger charge is -2.32. The number of nitrogens with one attached hydrogen (secondary N) is 1. The molecule has 0 aromatic carbocycles. The largest absolute Gasteiger partial charge is 0.388 e. The molecule has 1 saturated heterocycles. The van der Waals surface area contributed by atoms with Gasteiger partial charge in [0.05, 0.1) is 11.3 Å². The van der Waals surface area contributed by atoms with Crippen LogP contribution in [0.15, 0.2) is 4.52 Å².